The topological polar surface area (TPSA) is 68.2 Å². The van der Waals surface area contributed by atoms with Crippen LogP contribution in [0, 0.1) is 20.8 Å². The molecule has 6 heteroatoms. The van der Waals surface area contributed by atoms with E-state index in [1.165, 1.54) is 0 Å². The van der Waals surface area contributed by atoms with Gasteiger partial charge in [-0.05, 0) is 37.5 Å². The lowest BCUT2D eigenvalue weighted by atomic mass is 9.86. The average Bonchev–Trinajstić information content (AvgIpc) is 2.81. The van der Waals surface area contributed by atoms with Crippen LogP contribution in [0.15, 0.2) is 17.9 Å². The fourth-order valence-electron chi connectivity index (χ4n) is 3.96. The third-order valence-corrected chi connectivity index (χ3v) is 5.18. The number of hydroxylamine groups is 2. The van der Waals surface area contributed by atoms with Gasteiger partial charge in [0, 0.05) is 33.0 Å². The predicted octanol–water partition coefficient (Wildman–Crippen LogP) is 2.85. The second-order valence-corrected chi connectivity index (χ2v) is 7.14. The lowest BCUT2D eigenvalue weighted by Crippen LogP contribution is -2.46. The molecule has 1 saturated heterocycles. The van der Waals surface area contributed by atoms with E-state index in [9.17, 15) is 9.90 Å². The van der Waals surface area contributed by atoms with Crippen LogP contribution in [0.25, 0.3) is 5.57 Å². The SMILES string of the molecule is COCCON1CCC2(CC1)OC(=O)C(c1c(C)cc(C)cc1C)=C2O. The predicted molar refractivity (Wildman–Crippen MR) is 97.7 cm³/mol. The van der Waals surface area contributed by atoms with Crippen molar-refractivity contribution in [3.05, 3.63) is 40.1 Å². The van der Waals surface area contributed by atoms with Crippen LogP contribution in [-0.2, 0) is 19.1 Å². The molecule has 0 radical (unpaired) electrons. The number of ether oxygens (including phenoxy) is 2. The Hall–Kier alpha value is -1.89. The van der Waals surface area contributed by atoms with Crippen molar-refractivity contribution in [3.8, 4) is 0 Å². The van der Waals surface area contributed by atoms with Gasteiger partial charge in [-0.15, -0.1) is 0 Å². The molecule has 1 aromatic rings. The molecule has 6 nitrogen and oxygen atoms in total. The molecule has 1 N–H and O–H groups in total. The Morgan fingerprint density at radius 1 is 1.15 bits per heavy atom. The van der Waals surface area contributed by atoms with Gasteiger partial charge in [0.2, 0.25) is 0 Å². The minimum absolute atomic E-state index is 0.0640. The van der Waals surface area contributed by atoms with Gasteiger partial charge in [-0.3, -0.25) is 4.84 Å². The van der Waals surface area contributed by atoms with Gasteiger partial charge in [-0.1, -0.05) is 17.7 Å². The Morgan fingerprint density at radius 2 is 1.77 bits per heavy atom. The van der Waals surface area contributed by atoms with E-state index in [0.717, 1.165) is 22.3 Å². The number of methoxy groups -OCH3 is 1. The average molecular weight is 361 g/mol. The van der Waals surface area contributed by atoms with Crippen molar-refractivity contribution >= 4 is 11.5 Å². The van der Waals surface area contributed by atoms with Crippen LogP contribution >= 0.6 is 0 Å². The number of hydrogen-bond donors (Lipinski definition) is 1. The smallest absolute Gasteiger partial charge is 0.343 e. The summed E-state index contributed by atoms with van der Waals surface area (Å²) < 4.78 is 10.7. The molecule has 1 aromatic carbocycles. The lowest BCUT2D eigenvalue weighted by molar-refractivity contribution is -0.202. The maximum atomic E-state index is 12.6. The van der Waals surface area contributed by atoms with Gasteiger partial charge >= 0.3 is 5.97 Å². The highest BCUT2D eigenvalue weighted by Crippen LogP contribution is 2.44. The molecule has 0 atom stereocenters. The normalized spacial score (nSPS) is 20.1. The Balaban J connectivity index is 1.84. The van der Waals surface area contributed by atoms with Gasteiger partial charge in [0.15, 0.2) is 11.4 Å². The number of carbonyl (C=O) groups is 1. The number of hydrogen-bond acceptors (Lipinski definition) is 6. The zero-order chi connectivity index (χ0) is 18.9. The van der Waals surface area contributed by atoms with Crippen LogP contribution in [0.3, 0.4) is 0 Å². The van der Waals surface area contributed by atoms with Gasteiger partial charge < -0.3 is 14.6 Å². The Labute approximate surface area is 154 Å². The molecule has 142 valence electrons. The van der Waals surface area contributed by atoms with E-state index in [1.54, 1.807) is 7.11 Å². The highest BCUT2D eigenvalue weighted by atomic mass is 16.7. The van der Waals surface area contributed by atoms with E-state index in [0.29, 0.717) is 44.7 Å². The number of esters is 1. The molecule has 1 spiro atoms. The number of carbonyl (C=O) groups excluding carboxylic acids is 1. The van der Waals surface area contributed by atoms with Crippen molar-refractivity contribution in [3.63, 3.8) is 0 Å². The molecule has 1 fully saturated rings. The summed E-state index contributed by atoms with van der Waals surface area (Å²) in [5, 5.41) is 12.8. The van der Waals surface area contributed by atoms with Gasteiger partial charge in [-0.2, -0.15) is 5.06 Å². The second-order valence-electron chi connectivity index (χ2n) is 7.14. The summed E-state index contributed by atoms with van der Waals surface area (Å²) in [6, 6.07) is 4.04. The molecule has 0 amide bonds. The first-order chi connectivity index (χ1) is 12.4. The Morgan fingerprint density at radius 3 is 2.35 bits per heavy atom. The van der Waals surface area contributed by atoms with Gasteiger partial charge in [-0.25, -0.2) is 4.79 Å². The summed E-state index contributed by atoms with van der Waals surface area (Å²) in [5.41, 5.74) is 3.24. The van der Waals surface area contributed by atoms with E-state index in [1.807, 2.05) is 38.0 Å². The molecule has 0 aromatic heterocycles. The first-order valence-corrected chi connectivity index (χ1v) is 9.00. The summed E-state index contributed by atoms with van der Waals surface area (Å²) in [5.74, 6) is -0.375. The first kappa shape index (κ1) is 18.9. The fraction of sp³-hybridized carbons (Fsp3) is 0.550. The van der Waals surface area contributed by atoms with Gasteiger partial charge in [0.05, 0.1) is 13.2 Å². The molecule has 3 rings (SSSR count). The maximum absolute atomic E-state index is 12.6. The summed E-state index contributed by atoms with van der Waals surface area (Å²) in [6.45, 7) is 8.11. The first-order valence-electron chi connectivity index (χ1n) is 9.00. The molecule has 0 saturated carbocycles. The third-order valence-electron chi connectivity index (χ3n) is 5.18. The summed E-state index contributed by atoms with van der Waals surface area (Å²) in [4.78, 5) is 18.3. The Bertz CT molecular complexity index is 709. The number of aryl methyl sites for hydroxylation is 3. The van der Waals surface area contributed by atoms with Crippen LogP contribution in [0.1, 0.15) is 35.1 Å². The molecule has 0 unspecified atom stereocenters. The minimum atomic E-state index is -0.933. The van der Waals surface area contributed by atoms with E-state index in [4.69, 9.17) is 14.3 Å². The number of piperidine rings is 1. The molecule has 2 heterocycles. The number of rotatable bonds is 5. The molecule has 0 aliphatic carbocycles. The van der Waals surface area contributed by atoms with Gasteiger partial charge in [0.25, 0.3) is 0 Å². The number of benzene rings is 1. The maximum Gasteiger partial charge on any atom is 0.343 e. The van der Waals surface area contributed by atoms with E-state index in [2.05, 4.69) is 0 Å². The van der Waals surface area contributed by atoms with E-state index in [-0.39, 0.29) is 5.76 Å². The van der Waals surface area contributed by atoms with E-state index < -0.39 is 11.6 Å². The molecule has 2 aliphatic rings. The number of aliphatic hydroxyl groups excluding tert-OH is 1. The highest BCUT2D eigenvalue weighted by molar-refractivity contribution is 6.20. The summed E-state index contributed by atoms with van der Waals surface area (Å²) in [6.07, 6.45) is 1.01. The van der Waals surface area contributed by atoms with Crippen LogP contribution in [0.5, 0.6) is 0 Å². The zero-order valence-electron chi connectivity index (χ0n) is 15.9. The van der Waals surface area contributed by atoms with Crippen LogP contribution in [0.2, 0.25) is 0 Å². The summed E-state index contributed by atoms with van der Waals surface area (Å²) >= 11 is 0. The molecule has 2 aliphatic heterocycles. The van der Waals surface area contributed by atoms with Crippen LogP contribution < -0.4 is 0 Å². The van der Waals surface area contributed by atoms with Crippen molar-refractivity contribution in [2.75, 3.05) is 33.4 Å². The van der Waals surface area contributed by atoms with Crippen molar-refractivity contribution in [1.82, 2.24) is 5.06 Å². The van der Waals surface area contributed by atoms with Crippen molar-refractivity contribution in [2.45, 2.75) is 39.2 Å². The number of aliphatic hydroxyl groups is 1. The third kappa shape index (κ3) is 3.37. The molecular weight excluding hydrogens is 334 g/mol. The lowest BCUT2D eigenvalue weighted by Gasteiger charge is -2.37. The minimum Gasteiger partial charge on any atom is -0.507 e. The standard InChI is InChI=1S/C20H27NO5/c1-13-11-14(2)16(15(3)12-13)17-18(22)20(26-19(17)23)5-7-21(8-6-20)25-10-9-24-4/h11-12,22H,5-10H2,1-4H3. The molecular formula is C20H27NO5. The fourth-order valence-corrected chi connectivity index (χ4v) is 3.96. The van der Waals surface area contributed by atoms with Crippen molar-refractivity contribution in [1.29, 1.82) is 0 Å². The number of nitrogens with zero attached hydrogens (tertiary/aromatic N) is 1. The monoisotopic (exact) mass is 361 g/mol. The van der Waals surface area contributed by atoms with Gasteiger partial charge in [0.1, 0.15) is 5.57 Å². The van der Waals surface area contributed by atoms with Crippen LogP contribution in [-0.4, -0.2) is 55.2 Å². The molecule has 26 heavy (non-hydrogen) atoms. The Kier molecular flexibility index (Phi) is 5.37. The quantitative estimate of drug-likeness (QED) is 0.642. The van der Waals surface area contributed by atoms with Crippen molar-refractivity contribution < 1.29 is 24.2 Å². The van der Waals surface area contributed by atoms with E-state index >= 15 is 0 Å². The van der Waals surface area contributed by atoms with Crippen LogP contribution in [0.4, 0.5) is 0 Å². The summed E-state index contributed by atoms with van der Waals surface area (Å²) in [7, 11) is 1.63. The molecule has 0 bridgehead atoms. The van der Waals surface area contributed by atoms with Crippen molar-refractivity contribution in [2.24, 2.45) is 0 Å². The highest BCUT2D eigenvalue weighted by Gasteiger charge is 2.50. The largest absolute Gasteiger partial charge is 0.507 e. The second kappa shape index (κ2) is 7.39. The zero-order valence-corrected chi connectivity index (χ0v) is 15.9.